The average molecular weight is 384 g/mol. The van der Waals surface area contributed by atoms with E-state index in [1.54, 1.807) is 18.2 Å². The number of carbonyl (C=O) groups excluding carboxylic acids is 1. The van der Waals surface area contributed by atoms with Crippen LogP contribution in [0.15, 0.2) is 28.4 Å². The first-order valence-corrected chi connectivity index (χ1v) is 8.83. The molecule has 1 fully saturated rings. The summed E-state index contributed by atoms with van der Waals surface area (Å²) in [7, 11) is 0. The Hall–Kier alpha value is -2.06. The smallest absolute Gasteiger partial charge is 0.305 e. The molecule has 0 bridgehead atoms. The van der Waals surface area contributed by atoms with Gasteiger partial charge in [-0.3, -0.25) is 9.59 Å². The van der Waals surface area contributed by atoms with E-state index in [0.29, 0.717) is 28.9 Å². The molecule has 9 heteroatoms. The number of hydrogen-bond donors (Lipinski definition) is 2. The normalized spacial score (nSPS) is 19.0. The molecule has 1 aromatic carbocycles. The number of thioether (sulfide) groups is 1. The Bertz CT molecular complexity index is 721. The third-order valence-corrected chi connectivity index (χ3v) is 4.33. The van der Waals surface area contributed by atoms with Crippen LogP contribution < -0.4 is 10.1 Å². The molecule has 1 unspecified atom stereocenters. The van der Waals surface area contributed by atoms with Gasteiger partial charge in [-0.25, -0.2) is 0 Å². The standard InChI is InChI=1S/C16H18ClN3O4S/c1-9(2)8-24-12-4-3-11(17)5-10(12)7-18-20-16-19-15(23)13(25-16)6-14(21)22/h3-5,7,9,13H,6,8H2,1-2H3,(H,21,22)(H,19,20,23). The van der Waals surface area contributed by atoms with E-state index in [0.717, 1.165) is 11.8 Å². The summed E-state index contributed by atoms with van der Waals surface area (Å²) in [5, 5.41) is 19.2. The van der Waals surface area contributed by atoms with Gasteiger partial charge in [0.2, 0.25) is 5.91 Å². The lowest BCUT2D eigenvalue weighted by Crippen LogP contribution is -2.26. The van der Waals surface area contributed by atoms with Gasteiger partial charge in [0.1, 0.15) is 11.0 Å². The van der Waals surface area contributed by atoms with Gasteiger partial charge in [-0.1, -0.05) is 37.2 Å². The average Bonchev–Trinajstić information content (AvgIpc) is 2.85. The van der Waals surface area contributed by atoms with Crippen molar-refractivity contribution in [2.24, 2.45) is 16.1 Å². The van der Waals surface area contributed by atoms with E-state index < -0.39 is 11.2 Å². The minimum absolute atomic E-state index is 0.263. The summed E-state index contributed by atoms with van der Waals surface area (Å²) in [6.45, 7) is 4.64. The van der Waals surface area contributed by atoms with Crippen molar-refractivity contribution in [3.8, 4) is 5.75 Å². The van der Waals surface area contributed by atoms with Gasteiger partial charge in [0, 0.05) is 10.6 Å². The zero-order valence-electron chi connectivity index (χ0n) is 13.7. The Morgan fingerprint density at radius 1 is 1.52 bits per heavy atom. The molecule has 2 N–H and O–H groups in total. The summed E-state index contributed by atoms with van der Waals surface area (Å²) in [4.78, 5) is 22.3. The number of carboxylic acids is 1. The van der Waals surface area contributed by atoms with Crippen LogP contribution in [0, 0.1) is 5.92 Å². The number of carbonyl (C=O) groups is 2. The molecule has 1 aromatic rings. The molecule has 0 aliphatic carbocycles. The molecule has 7 nitrogen and oxygen atoms in total. The highest BCUT2D eigenvalue weighted by Crippen LogP contribution is 2.24. The Kier molecular flexibility index (Phi) is 6.83. The van der Waals surface area contributed by atoms with Crippen molar-refractivity contribution >= 4 is 46.6 Å². The van der Waals surface area contributed by atoms with Crippen molar-refractivity contribution < 1.29 is 19.4 Å². The van der Waals surface area contributed by atoms with Crippen LogP contribution in [0.3, 0.4) is 0 Å². The Balaban J connectivity index is 2.07. The van der Waals surface area contributed by atoms with Crippen LogP contribution in [-0.2, 0) is 9.59 Å². The molecular weight excluding hydrogens is 366 g/mol. The molecule has 1 atom stereocenters. The second-order valence-electron chi connectivity index (χ2n) is 5.73. The van der Waals surface area contributed by atoms with Gasteiger partial charge in [0.25, 0.3) is 0 Å². The van der Waals surface area contributed by atoms with E-state index in [1.807, 2.05) is 13.8 Å². The lowest BCUT2D eigenvalue weighted by atomic mass is 10.2. The molecule has 1 aliphatic heterocycles. The summed E-state index contributed by atoms with van der Waals surface area (Å²) in [5.74, 6) is -0.417. The second kappa shape index (κ2) is 8.87. The van der Waals surface area contributed by atoms with Gasteiger partial charge in [-0.05, 0) is 24.1 Å². The summed E-state index contributed by atoms with van der Waals surface area (Å²) >= 11 is 7.04. The van der Waals surface area contributed by atoms with E-state index in [9.17, 15) is 9.59 Å². The third-order valence-electron chi connectivity index (χ3n) is 3.03. The van der Waals surface area contributed by atoms with Crippen molar-refractivity contribution in [1.29, 1.82) is 0 Å². The Morgan fingerprint density at radius 3 is 2.96 bits per heavy atom. The van der Waals surface area contributed by atoms with Crippen LogP contribution in [-0.4, -0.2) is 40.2 Å². The Labute approximate surface area is 154 Å². The van der Waals surface area contributed by atoms with Gasteiger partial charge in [0.15, 0.2) is 5.17 Å². The van der Waals surface area contributed by atoms with Crippen molar-refractivity contribution in [2.75, 3.05) is 6.61 Å². The van der Waals surface area contributed by atoms with Crippen LogP contribution in [0.5, 0.6) is 5.75 Å². The SMILES string of the molecule is CC(C)COc1ccc(Cl)cc1C=NN=C1NC(=O)C(CC(=O)O)S1. The summed E-state index contributed by atoms with van der Waals surface area (Å²) in [5.41, 5.74) is 0.661. The monoisotopic (exact) mass is 383 g/mol. The molecule has 2 rings (SSSR count). The highest BCUT2D eigenvalue weighted by Gasteiger charge is 2.32. The number of rotatable bonds is 7. The predicted molar refractivity (Wildman–Crippen MR) is 98.6 cm³/mol. The number of aliphatic carboxylic acids is 1. The number of amides is 1. The maximum Gasteiger partial charge on any atom is 0.305 e. The summed E-state index contributed by atoms with van der Waals surface area (Å²) in [6.07, 6.45) is 1.21. The first-order valence-electron chi connectivity index (χ1n) is 7.58. The van der Waals surface area contributed by atoms with Crippen LogP contribution in [0.1, 0.15) is 25.8 Å². The minimum Gasteiger partial charge on any atom is -0.493 e. The van der Waals surface area contributed by atoms with E-state index in [1.165, 1.54) is 6.21 Å². The van der Waals surface area contributed by atoms with Gasteiger partial charge in [-0.15, -0.1) is 5.10 Å². The van der Waals surface area contributed by atoms with E-state index in [4.69, 9.17) is 21.4 Å². The van der Waals surface area contributed by atoms with Gasteiger partial charge in [-0.2, -0.15) is 5.10 Å². The van der Waals surface area contributed by atoms with Crippen LogP contribution in [0.2, 0.25) is 5.02 Å². The molecule has 0 radical (unpaired) electrons. The quantitative estimate of drug-likeness (QED) is 0.557. The first kappa shape index (κ1) is 19.3. The zero-order chi connectivity index (χ0) is 18.4. The minimum atomic E-state index is -1.04. The molecule has 1 amide bonds. The maximum atomic E-state index is 11.6. The third kappa shape index (κ3) is 6.06. The lowest BCUT2D eigenvalue weighted by Gasteiger charge is -2.11. The van der Waals surface area contributed by atoms with Crippen molar-refractivity contribution in [1.82, 2.24) is 5.32 Å². The number of amidine groups is 1. The van der Waals surface area contributed by atoms with Crippen molar-refractivity contribution in [2.45, 2.75) is 25.5 Å². The zero-order valence-corrected chi connectivity index (χ0v) is 15.3. The second-order valence-corrected chi connectivity index (χ2v) is 7.36. The van der Waals surface area contributed by atoms with E-state index in [2.05, 4.69) is 15.5 Å². The van der Waals surface area contributed by atoms with E-state index >= 15 is 0 Å². The fourth-order valence-corrected chi connectivity index (χ4v) is 2.99. The summed E-state index contributed by atoms with van der Waals surface area (Å²) < 4.78 is 5.72. The molecule has 134 valence electrons. The number of hydrogen-bond acceptors (Lipinski definition) is 6. The number of ether oxygens (including phenoxy) is 1. The highest BCUT2D eigenvalue weighted by molar-refractivity contribution is 8.15. The fourth-order valence-electron chi connectivity index (χ4n) is 1.90. The molecule has 1 saturated heterocycles. The van der Waals surface area contributed by atoms with Gasteiger partial charge < -0.3 is 15.2 Å². The first-order chi connectivity index (χ1) is 11.8. The molecule has 0 saturated carbocycles. The number of halogens is 1. The molecule has 0 spiro atoms. The number of nitrogens with zero attached hydrogens (tertiary/aromatic N) is 2. The van der Waals surface area contributed by atoms with Crippen LogP contribution in [0.4, 0.5) is 0 Å². The van der Waals surface area contributed by atoms with Crippen molar-refractivity contribution in [3.63, 3.8) is 0 Å². The number of nitrogens with one attached hydrogen (secondary N) is 1. The topological polar surface area (TPSA) is 100 Å². The van der Waals surface area contributed by atoms with E-state index in [-0.39, 0.29) is 17.5 Å². The van der Waals surface area contributed by atoms with Crippen LogP contribution in [0.25, 0.3) is 0 Å². The molecule has 25 heavy (non-hydrogen) atoms. The highest BCUT2D eigenvalue weighted by atomic mass is 35.5. The molecular formula is C16H18ClN3O4S. The predicted octanol–water partition coefficient (Wildman–Crippen LogP) is 2.77. The summed E-state index contributed by atoms with van der Waals surface area (Å²) in [6, 6.07) is 5.19. The lowest BCUT2D eigenvalue weighted by molar-refractivity contribution is -0.138. The number of benzene rings is 1. The van der Waals surface area contributed by atoms with Crippen molar-refractivity contribution in [3.05, 3.63) is 28.8 Å². The molecule has 0 aromatic heterocycles. The van der Waals surface area contributed by atoms with Gasteiger partial charge in [0.05, 0.1) is 19.2 Å². The maximum absolute atomic E-state index is 11.6. The largest absolute Gasteiger partial charge is 0.493 e. The molecule has 1 aliphatic rings. The van der Waals surface area contributed by atoms with Crippen LogP contribution >= 0.6 is 23.4 Å². The Morgan fingerprint density at radius 2 is 2.28 bits per heavy atom. The van der Waals surface area contributed by atoms with Gasteiger partial charge >= 0.3 is 5.97 Å². The molecule has 1 heterocycles. The fraction of sp³-hybridized carbons (Fsp3) is 0.375. The number of carboxylic acid groups (broad SMARTS) is 1.